The van der Waals surface area contributed by atoms with Crippen molar-refractivity contribution < 1.29 is 19.1 Å². The van der Waals surface area contributed by atoms with E-state index in [0.29, 0.717) is 37.5 Å². The Balaban J connectivity index is 1.83. The van der Waals surface area contributed by atoms with E-state index in [1.54, 1.807) is 13.1 Å². The normalized spacial score (nSPS) is 14.1. The van der Waals surface area contributed by atoms with Gasteiger partial charge in [0.15, 0.2) is 0 Å². The number of aromatic nitrogens is 2. The molecule has 26 heavy (non-hydrogen) atoms. The fourth-order valence-corrected chi connectivity index (χ4v) is 2.94. The number of ketones is 1. The highest BCUT2D eigenvalue weighted by molar-refractivity contribution is 6.35. The molecule has 0 saturated heterocycles. The number of nitrogens with zero attached hydrogens (tertiary/aromatic N) is 2. The minimum atomic E-state index is -0.527. The van der Waals surface area contributed by atoms with E-state index in [2.05, 4.69) is 15.3 Å². The zero-order valence-electron chi connectivity index (χ0n) is 14.7. The molecule has 0 saturated carbocycles. The standard InChI is InChI=1S/C18H20N4O4/c1-3-26-18(25)21-13-8-14-15(10-20-16(14)19-9-13)12-4-6-22(7-5-12)17(24)11(2)23/h4,8-10H,3,5-7H2,1-2H3,(H,19,20)(H,21,25). The molecule has 0 atom stereocenters. The Hall–Kier alpha value is -3.16. The summed E-state index contributed by atoms with van der Waals surface area (Å²) >= 11 is 0. The molecule has 2 aromatic rings. The summed E-state index contributed by atoms with van der Waals surface area (Å²) in [5, 5.41) is 3.51. The van der Waals surface area contributed by atoms with Gasteiger partial charge in [-0.1, -0.05) is 6.08 Å². The topological polar surface area (TPSA) is 104 Å². The first-order valence-electron chi connectivity index (χ1n) is 8.39. The average molecular weight is 356 g/mol. The molecule has 0 bridgehead atoms. The first-order chi connectivity index (χ1) is 12.5. The number of anilines is 1. The first-order valence-corrected chi connectivity index (χ1v) is 8.39. The SMILES string of the molecule is CCOC(=O)Nc1cnc2[nH]cc(C3=CCN(C(=O)C(C)=O)CC3)c2c1. The number of hydrogen-bond acceptors (Lipinski definition) is 5. The van der Waals surface area contributed by atoms with Gasteiger partial charge in [0.2, 0.25) is 5.78 Å². The van der Waals surface area contributed by atoms with Gasteiger partial charge in [-0.15, -0.1) is 0 Å². The van der Waals surface area contributed by atoms with E-state index in [1.807, 2.05) is 18.3 Å². The van der Waals surface area contributed by atoms with Crippen LogP contribution >= 0.6 is 0 Å². The van der Waals surface area contributed by atoms with Gasteiger partial charge >= 0.3 is 6.09 Å². The van der Waals surface area contributed by atoms with Crippen molar-refractivity contribution in [3.8, 4) is 0 Å². The summed E-state index contributed by atoms with van der Waals surface area (Å²) in [5.41, 5.74) is 3.29. The van der Waals surface area contributed by atoms with E-state index in [0.717, 1.165) is 16.5 Å². The third-order valence-corrected chi connectivity index (χ3v) is 4.20. The van der Waals surface area contributed by atoms with Gasteiger partial charge < -0.3 is 14.6 Å². The Labute approximate surface area is 150 Å². The van der Waals surface area contributed by atoms with E-state index >= 15 is 0 Å². The lowest BCUT2D eigenvalue weighted by Gasteiger charge is -2.25. The van der Waals surface area contributed by atoms with Crippen LogP contribution in [0, 0.1) is 0 Å². The number of pyridine rings is 1. The number of carbonyl (C=O) groups excluding carboxylic acids is 3. The minimum Gasteiger partial charge on any atom is -0.450 e. The molecule has 1 aliphatic heterocycles. The van der Waals surface area contributed by atoms with Gasteiger partial charge in [0, 0.05) is 37.2 Å². The van der Waals surface area contributed by atoms with Gasteiger partial charge in [0.25, 0.3) is 5.91 Å². The van der Waals surface area contributed by atoms with Crippen molar-refractivity contribution >= 4 is 40.1 Å². The summed E-state index contributed by atoms with van der Waals surface area (Å²) in [6, 6.07) is 1.83. The van der Waals surface area contributed by atoms with Gasteiger partial charge in [0.1, 0.15) is 5.65 Å². The molecule has 2 N–H and O–H groups in total. The van der Waals surface area contributed by atoms with E-state index in [1.165, 1.54) is 11.8 Å². The van der Waals surface area contributed by atoms with Gasteiger partial charge in [0.05, 0.1) is 18.5 Å². The van der Waals surface area contributed by atoms with Crippen LogP contribution in [0.15, 0.2) is 24.5 Å². The third-order valence-electron chi connectivity index (χ3n) is 4.20. The summed E-state index contributed by atoms with van der Waals surface area (Å²) < 4.78 is 4.88. The zero-order valence-corrected chi connectivity index (χ0v) is 14.7. The summed E-state index contributed by atoms with van der Waals surface area (Å²) in [7, 11) is 0. The molecule has 1 aliphatic rings. The molecule has 0 fully saturated rings. The van der Waals surface area contributed by atoms with Crippen LogP contribution in [-0.2, 0) is 14.3 Å². The second kappa shape index (κ2) is 7.38. The molecule has 2 amide bonds. The largest absolute Gasteiger partial charge is 0.450 e. The van der Waals surface area contributed by atoms with Crippen molar-refractivity contribution in [1.29, 1.82) is 0 Å². The van der Waals surface area contributed by atoms with Crippen molar-refractivity contribution in [1.82, 2.24) is 14.9 Å². The number of amides is 2. The lowest BCUT2D eigenvalue weighted by atomic mass is 9.99. The maximum absolute atomic E-state index is 11.8. The highest BCUT2D eigenvalue weighted by Crippen LogP contribution is 2.30. The molecule has 2 aromatic heterocycles. The van der Waals surface area contributed by atoms with Crippen LogP contribution in [0.5, 0.6) is 0 Å². The molecule has 3 rings (SSSR count). The summed E-state index contributed by atoms with van der Waals surface area (Å²) in [5.74, 6) is -0.908. The monoisotopic (exact) mass is 356 g/mol. The average Bonchev–Trinajstić information content (AvgIpc) is 3.04. The Kier molecular flexibility index (Phi) is 5.01. The highest BCUT2D eigenvalue weighted by atomic mass is 16.5. The maximum atomic E-state index is 11.8. The van der Waals surface area contributed by atoms with Gasteiger partial charge in [-0.3, -0.25) is 14.9 Å². The van der Waals surface area contributed by atoms with E-state index in [9.17, 15) is 14.4 Å². The molecular weight excluding hydrogens is 336 g/mol. The molecule has 8 nitrogen and oxygen atoms in total. The second-order valence-electron chi connectivity index (χ2n) is 5.95. The van der Waals surface area contributed by atoms with Crippen LogP contribution < -0.4 is 5.32 Å². The van der Waals surface area contributed by atoms with Crippen LogP contribution in [0.25, 0.3) is 16.6 Å². The number of H-pyrrole nitrogens is 1. The van der Waals surface area contributed by atoms with Crippen LogP contribution in [0.3, 0.4) is 0 Å². The molecule has 136 valence electrons. The number of hydrogen-bond donors (Lipinski definition) is 2. The van der Waals surface area contributed by atoms with Crippen molar-refractivity contribution in [3.63, 3.8) is 0 Å². The number of aromatic amines is 1. The number of fused-ring (bicyclic) bond motifs is 1. The van der Waals surface area contributed by atoms with Crippen molar-refractivity contribution in [2.45, 2.75) is 20.3 Å². The molecular formula is C18H20N4O4. The van der Waals surface area contributed by atoms with Crippen molar-refractivity contribution in [3.05, 3.63) is 30.1 Å². The van der Waals surface area contributed by atoms with Gasteiger partial charge in [-0.2, -0.15) is 0 Å². The summed E-state index contributed by atoms with van der Waals surface area (Å²) in [6.45, 7) is 4.20. The smallest absolute Gasteiger partial charge is 0.411 e. The fourth-order valence-electron chi connectivity index (χ4n) is 2.94. The summed E-state index contributed by atoms with van der Waals surface area (Å²) in [6.07, 6.45) is 5.48. The lowest BCUT2D eigenvalue weighted by Crippen LogP contribution is -2.38. The maximum Gasteiger partial charge on any atom is 0.411 e. The van der Waals surface area contributed by atoms with Crippen LogP contribution in [0.4, 0.5) is 10.5 Å². The highest BCUT2D eigenvalue weighted by Gasteiger charge is 2.22. The van der Waals surface area contributed by atoms with Crippen LogP contribution in [0.1, 0.15) is 25.8 Å². The lowest BCUT2D eigenvalue weighted by molar-refractivity contribution is -0.143. The molecule has 0 aromatic carbocycles. The first kappa shape index (κ1) is 17.7. The second-order valence-corrected chi connectivity index (χ2v) is 5.95. The quantitative estimate of drug-likeness (QED) is 0.818. The molecule has 0 radical (unpaired) electrons. The number of nitrogens with one attached hydrogen (secondary N) is 2. The van der Waals surface area contributed by atoms with Crippen molar-refractivity contribution in [2.75, 3.05) is 25.0 Å². The minimum absolute atomic E-state index is 0.291. The van der Waals surface area contributed by atoms with Crippen LogP contribution in [-0.4, -0.2) is 52.3 Å². The summed E-state index contributed by atoms with van der Waals surface area (Å²) in [4.78, 5) is 43.6. The molecule has 0 unspecified atom stereocenters. The number of ether oxygens (including phenoxy) is 1. The Morgan fingerprint density at radius 2 is 2.19 bits per heavy atom. The Bertz CT molecular complexity index is 900. The Morgan fingerprint density at radius 1 is 1.38 bits per heavy atom. The molecule has 3 heterocycles. The van der Waals surface area contributed by atoms with E-state index < -0.39 is 17.8 Å². The predicted molar refractivity (Wildman–Crippen MR) is 96.6 cm³/mol. The number of rotatable bonds is 4. The third kappa shape index (κ3) is 3.58. The van der Waals surface area contributed by atoms with E-state index in [4.69, 9.17) is 4.74 Å². The van der Waals surface area contributed by atoms with E-state index in [-0.39, 0.29) is 0 Å². The molecule has 0 spiro atoms. The van der Waals surface area contributed by atoms with Crippen LogP contribution in [0.2, 0.25) is 0 Å². The molecule has 8 heteroatoms. The Morgan fingerprint density at radius 3 is 2.85 bits per heavy atom. The predicted octanol–water partition coefficient (Wildman–Crippen LogP) is 2.34. The zero-order chi connectivity index (χ0) is 18.7. The molecule has 0 aliphatic carbocycles. The van der Waals surface area contributed by atoms with Gasteiger partial charge in [-0.25, -0.2) is 9.78 Å². The number of carbonyl (C=O) groups is 3. The number of Topliss-reactive ketones (excluding diaryl/α,β-unsaturated/α-hetero) is 1. The van der Waals surface area contributed by atoms with Crippen molar-refractivity contribution in [2.24, 2.45) is 0 Å². The fraction of sp³-hybridized carbons (Fsp3) is 0.333. The van der Waals surface area contributed by atoms with Gasteiger partial charge in [-0.05, 0) is 25.0 Å².